The highest BCUT2D eigenvalue weighted by molar-refractivity contribution is 9.10. The maximum absolute atomic E-state index is 4.67. The molecule has 1 fully saturated rings. The Morgan fingerprint density at radius 1 is 0.963 bits per heavy atom. The normalized spacial score (nSPS) is 15.0. The average molecular weight is 427 g/mol. The van der Waals surface area contributed by atoms with Crippen molar-refractivity contribution >= 4 is 38.5 Å². The van der Waals surface area contributed by atoms with Gasteiger partial charge in [-0.1, -0.05) is 6.07 Å². The lowest BCUT2D eigenvalue weighted by molar-refractivity contribution is 0.402. The van der Waals surface area contributed by atoms with Crippen LogP contribution < -0.4 is 9.80 Å². The highest BCUT2D eigenvalue weighted by atomic mass is 79.9. The number of piperazine rings is 1. The molecule has 1 saturated heterocycles. The average Bonchev–Trinajstić information content (AvgIpc) is 2.67. The number of hydrogen-bond acceptors (Lipinski definition) is 6. The molecule has 4 rings (SSSR count). The Hall–Kier alpha value is -2.25. The van der Waals surface area contributed by atoms with E-state index in [1.165, 1.54) is 5.56 Å². The fourth-order valence-corrected chi connectivity index (χ4v) is 3.80. The number of halogens is 1. The van der Waals surface area contributed by atoms with Gasteiger partial charge in [0.25, 0.3) is 0 Å². The first-order chi connectivity index (χ1) is 13.1. The van der Waals surface area contributed by atoms with Gasteiger partial charge in [0.1, 0.15) is 11.3 Å². The molecule has 0 aromatic carbocycles. The van der Waals surface area contributed by atoms with Crippen molar-refractivity contribution in [2.75, 3.05) is 50.1 Å². The first kappa shape index (κ1) is 18.1. The van der Waals surface area contributed by atoms with E-state index in [9.17, 15) is 0 Å². The number of fused-ring (bicyclic) bond motifs is 1. The number of aromatic nitrogens is 3. The van der Waals surface area contributed by atoms with Crippen LogP contribution in [0, 0.1) is 0 Å². The first-order valence-electron chi connectivity index (χ1n) is 9.10. The molecular weight excluding hydrogens is 404 g/mol. The van der Waals surface area contributed by atoms with Crippen molar-refractivity contribution in [3.05, 3.63) is 52.9 Å². The Balaban J connectivity index is 1.46. The quantitative estimate of drug-likeness (QED) is 0.638. The van der Waals surface area contributed by atoms with Crippen LogP contribution in [0.1, 0.15) is 5.56 Å². The van der Waals surface area contributed by atoms with E-state index in [4.69, 9.17) is 0 Å². The molecular formula is C20H23BrN6. The molecule has 0 N–H and O–H groups in total. The van der Waals surface area contributed by atoms with Crippen LogP contribution in [-0.4, -0.2) is 60.1 Å². The van der Waals surface area contributed by atoms with Crippen LogP contribution in [-0.2, 0) is 6.54 Å². The third-order valence-electron chi connectivity index (χ3n) is 4.78. The number of anilines is 2. The summed E-state index contributed by atoms with van der Waals surface area (Å²) in [6.07, 6.45) is 5.69. The fourth-order valence-electron chi connectivity index (χ4n) is 3.49. The van der Waals surface area contributed by atoms with E-state index >= 15 is 0 Å². The highest BCUT2D eigenvalue weighted by Gasteiger charge is 2.20. The largest absolute Gasteiger partial charge is 0.366 e. The van der Waals surface area contributed by atoms with Crippen molar-refractivity contribution in [2.45, 2.75) is 6.54 Å². The lowest BCUT2D eigenvalue weighted by Gasteiger charge is -2.37. The van der Waals surface area contributed by atoms with Crippen molar-refractivity contribution in [3.63, 3.8) is 0 Å². The summed E-state index contributed by atoms with van der Waals surface area (Å²) in [5.41, 5.74) is 4.27. The predicted molar refractivity (Wildman–Crippen MR) is 113 cm³/mol. The van der Waals surface area contributed by atoms with Crippen molar-refractivity contribution in [2.24, 2.45) is 0 Å². The van der Waals surface area contributed by atoms with Gasteiger partial charge < -0.3 is 14.7 Å². The third-order valence-corrected chi connectivity index (χ3v) is 5.21. The summed E-state index contributed by atoms with van der Waals surface area (Å²) >= 11 is 3.47. The summed E-state index contributed by atoms with van der Waals surface area (Å²) in [7, 11) is 4.15. The SMILES string of the molecule is CN(C)Cc1ccc(N2CCN(c3ccnc4cc(Br)cnc34)CC2)nc1. The predicted octanol–water partition coefficient (Wildman–Crippen LogP) is 3.18. The molecule has 0 bridgehead atoms. The molecule has 4 heterocycles. The van der Waals surface area contributed by atoms with Crippen LogP contribution in [0.5, 0.6) is 0 Å². The molecule has 3 aromatic rings. The minimum Gasteiger partial charge on any atom is -0.366 e. The molecule has 0 spiro atoms. The number of pyridine rings is 3. The van der Waals surface area contributed by atoms with Crippen molar-refractivity contribution in [3.8, 4) is 0 Å². The van der Waals surface area contributed by atoms with E-state index < -0.39 is 0 Å². The molecule has 7 heteroatoms. The standard InChI is InChI=1S/C20H23BrN6/c1-25(2)14-15-3-4-19(23-12-15)27-9-7-26(8-10-27)18-5-6-22-17-11-16(21)13-24-20(17)18/h3-6,11-13H,7-10,14H2,1-2H3. The third kappa shape index (κ3) is 4.04. The van der Waals surface area contributed by atoms with Crippen LogP contribution in [0.25, 0.3) is 11.0 Å². The molecule has 140 valence electrons. The molecule has 0 aliphatic carbocycles. The lowest BCUT2D eigenvalue weighted by Crippen LogP contribution is -2.47. The number of nitrogens with zero attached hydrogens (tertiary/aromatic N) is 6. The Kier molecular flexibility index (Phi) is 5.22. The molecule has 3 aromatic heterocycles. The van der Waals surface area contributed by atoms with Gasteiger partial charge in [0, 0.05) is 55.8 Å². The summed E-state index contributed by atoms with van der Waals surface area (Å²) in [4.78, 5) is 20.6. The van der Waals surface area contributed by atoms with Gasteiger partial charge in [-0.25, -0.2) is 4.98 Å². The second-order valence-electron chi connectivity index (χ2n) is 7.09. The fraction of sp³-hybridized carbons (Fsp3) is 0.350. The highest BCUT2D eigenvalue weighted by Crippen LogP contribution is 2.27. The van der Waals surface area contributed by atoms with Crippen LogP contribution in [0.4, 0.5) is 11.5 Å². The molecule has 0 saturated carbocycles. The molecule has 1 aliphatic rings. The zero-order valence-corrected chi connectivity index (χ0v) is 17.2. The van der Waals surface area contributed by atoms with Crippen LogP contribution in [0.2, 0.25) is 0 Å². The van der Waals surface area contributed by atoms with E-state index in [0.717, 1.165) is 59.7 Å². The summed E-state index contributed by atoms with van der Waals surface area (Å²) in [5.74, 6) is 1.05. The van der Waals surface area contributed by atoms with E-state index in [1.54, 1.807) is 0 Å². The first-order valence-corrected chi connectivity index (χ1v) is 9.89. The Morgan fingerprint density at radius 3 is 2.44 bits per heavy atom. The molecule has 1 aliphatic heterocycles. The van der Waals surface area contributed by atoms with Gasteiger partial charge in [-0.3, -0.25) is 9.97 Å². The molecule has 6 nitrogen and oxygen atoms in total. The maximum Gasteiger partial charge on any atom is 0.128 e. The van der Waals surface area contributed by atoms with Gasteiger partial charge in [-0.05, 0) is 53.8 Å². The van der Waals surface area contributed by atoms with E-state index in [0.29, 0.717) is 0 Å². The van der Waals surface area contributed by atoms with Crippen molar-refractivity contribution in [1.82, 2.24) is 19.9 Å². The zero-order valence-electron chi connectivity index (χ0n) is 15.6. The summed E-state index contributed by atoms with van der Waals surface area (Å²) < 4.78 is 0.952. The minimum absolute atomic E-state index is 0.916. The van der Waals surface area contributed by atoms with Crippen LogP contribution in [0.3, 0.4) is 0 Å². The lowest BCUT2D eigenvalue weighted by atomic mass is 10.2. The molecule has 0 radical (unpaired) electrons. The van der Waals surface area contributed by atoms with Gasteiger partial charge in [0.15, 0.2) is 0 Å². The molecule has 27 heavy (non-hydrogen) atoms. The van der Waals surface area contributed by atoms with Gasteiger partial charge in [-0.2, -0.15) is 0 Å². The molecule has 0 amide bonds. The Bertz CT molecular complexity index is 919. The Morgan fingerprint density at radius 2 is 1.74 bits per heavy atom. The monoisotopic (exact) mass is 426 g/mol. The van der Waals surface area contributed by atoms with Gasteiger partial charge in [0.2, 0.25) is 0 Å². The number of rotatable bonds is 4. The molecule has 0 unspecified atom stereocenters. The van der Waals surface area contributed by atoms with E-state index in [1.807, 2.05) is 24.7 Å². The smallest absolute Gasteiger partial charge is 0.128 e. The zero-order chi connectivity index (χ0) is 18.8. The maximum atomic E-state index is 4.67. The summed E-state index contributed by atoms with van der Waals surface area (Å²) in [6, 6.07) is 8.39. The van der Waals surface area contributed by atoms with Gasteiger partial charge in [0.05, 0.1) is 11.2 Å². The van der Waals surface area contributed by atoms with Gasteiger partial charge >= 0.3 is 0 Å². The van der Waals surface area contributed by atoms with Crippen LogP contribution >= 0.6 is 15.9 Å². The summed E-state index contributed by atoms with van der Waals surface area (Å²) in [5, 5.41) is 0. The van der Waals surface area contributed by atoms with Gasteiger partial charge in [-0.15, -0.1) is 0 Å². The number of hydrogen-bond donors (Lipinski definition) is 0. The Labute approximate surface area is 168 Å². The topological polar surface area (TPSA) is 48.4 Å². The van der Waals surface area contributed by atoms with Crippen molar-refractivity contribution < 1.29 is 0 Å². The second kappa shape index (κ2) is 7.78. The van der Waals surface area contributed by atoms with Crippen molar-refractivity contribution in [1.29, 1.82) is 0 Å². The van der Waals surface area contributed by atoms with Crippen LogP contribution in [0.15, 0.2) is 47.3 Å². The van der Waals surface area contributed by atoms with E-state index in [-0.39, 0.29) is 0 Å². The molecule has 0 atom stereocenters. The second-order valence-corrected chi connectivity index (χ2v) is 8.00. The minimum atomic E-state index is 0.916. The summed E-state index contributed by atoms with van der Waals surface area (Å²) in [6.45, 7) is 4.69. The van der Waals surface area contributed by atoms with E-state index in [2.05, 4.69) is 77.9 Å².